The SMILES string of the molecule is Cc1ccc(C(N)=S)c(N(C)Cc2nccn2C)c1. The fourth-order valence-electron chi connectivity index (χ4n) is 2.01. The average molecular weight is 274 g/mol. The molecule has 2 rings (SSSR count). The van der Waals surface area contributed by atoms with E-state index in [1.54, 1.807) is 6.20 Å². The average Bonchev–Trinajstić information content (AvgIpc) is 2.74. The van der Waals surface area contributed by atoms with E-state index in [1.807, 2.05) is 37.0 Å². The number of rotatable bonds is 4. The first-order chi connectivity index (χ1) is 8.99. The zero-order valence-corrected chi connectivity index (χ0v) is 12.2. The second kappa shape index (κ2) is 5.40. The largest absolute Gasteiger partial charge is 0.389 e. The Morgan fingerprint density at radius 2 is 2.21 bits per heavy atom. The molecule has 0 aliphatic carbocycles. The first-order valence-electron chi connectivity index (χ1n) is 6.07. The lowest BCUT2D eigenvalue weighted by Crippen LogP contribution is -2.23. The number of aryl methyl sites for hydroxylation is 2. The minimum Gasteiger partial charge on any atom is -0.389 e. The number of imidazole rings is 1. The molecule has 5 heteroatoms. The summed E-state index contributed by atoms with van der Waals surface area (Å²) in [6.07, 6.45) is 3.74. The van der Waals surface area contributed by atoms with Crippen LogP contribution in [0.4, 0.5) is 5.69 Å². The van der Waals surface area contributed by atoms with Crippen molar-refractivity contribution in [2.45, 2.75) is 13.5 Å². The van der Waals surface area contributed by atoms with Crippen molar-refractivity contribution in [3.05, 3.63) is 47.5 Å². The van der Waals surface area contributed by atoms with Gasteiger partial charge in [-0.1, -0.05) is 18.3 Å². The van der Waals surface area contributed by atoms with Crippen LogP contribution < -0.4 is 10.6 Å². The van der Waals surface area contributed by atoms with E-state index < -0.39 is 0 Å². The van der Waals surface area contributed by atoms with Crippen LogP contribution in [0.2, 0.25) is 0 Å². The van der Waals surface area contributed by atoms with Crippen molar-refractivity contribution >= 4 is 22.9 Å². The van der Waals surface area contributed by atoms with E-state index in [4.69, 9.17) is 18.0 Å². The van der Waals surface area contributed by atoms with Gasteiger partial charge in [0.15, 0.2) is 0 Å². The van der Waals surface area contributed by atoms with Gasteiger partial charge in [0.05, 0.1) is 6.54 Å². The molecule has 1 aromatic carbocycles. The highest BCUT2D eigenvalue weighted by atomic mass is 32.1. The summed E-state index contributed by atoms with van der Waals surface area (Å²) in [6.45, 7) is 2.77. The van der Waals surface area contributed by atoms with Gasteiger partial charge in [0.2, 0.25) is 0 Å². The maximum atomic E-state index is 5.79. The lowest BCUT2D eigenvalue weighted by molar-refractivity contribution is 0.761. The molecule has 100 valence electrons. The molecule has 0 saturated carbocycles. The molecule has 0 atom stereocenters. The third kappa shape index (κ3) is 2.93. The molecular formula is C14H18N4S. The van der Waals surface area contributed by atoms with E-state index in [-0.39, 0.29) is 0 Å². The van der Waals surface area contributed by atoms with E-state index in [2.05, 4.69) is 22.9 Å². The molecular weight excluding hydrogens is 256 g/mol. The fraction of sp³-hybridized carbons (Fsp3) is 0.286. The molecule has 4 nitrogen and oxygen atoms in total. The van der Waals surface area contributed by atoms with Crippen LogP contribution in [-0.4, -0.2) is 21.6 Å². The molecule has 0 unspecified atom stereocenters. The summed E-state index contributed by atoms with van der Waals surface area (Å²) in [5.74, 6) is 0.998. The van der Waals surface area contributed by atoms with Gasteiger partial charge >= 0.3 is 0 Å². The second-order valence-electron chi connectivity index (χ2n) is 4.70. The standard InChI is InChI=1S/C14H18N4S/c1-10-4-5-11(14(15)19)12(8-10)18(3)9-13-16-6-7-17(13)2/h4-8H,9H2,1-3H3,(H2,15,19). The van der Waals surface area contributed by atoms with Gasteiger partial charge in [-0.15, -0.1) is 0 Å². The molecule has 0 saturated heterocycles. The second-order valence-corrected chi connectivity index (χ2v) is 5.14. The quantitative estimate of drug-likeness (QED) is 0.866. The maximum Gasteiger partial charge on any atom is 0.127 e. The Morgan fingerprint density at radius 1 is 1.47 bits per heavy atom. The number of thiocarbonyl (C=S) groups is 1. The molecule has 0 amide bonds. The van der Waals surface area contributed by atoms with Gasteiger partial charge in [0, 0.05) is 37.7 Å². The lowest BCUT2D eigenvalue weighted by atomic mass is 10.1. The lowest BCUT2D eigenvalue weighted by Gasteiger charge is -2.22. The summed E-state index contributed by atoms with van der Waals surface area (Å²) in [7, 11) is 4.01. The predicted octanol–water partition coefficient (Wildman–Crippen LogP) is 2.00. The first kappa shape index (κ1) is 13.5. The minimum absolute atomic E-state index is 0.418. The van der Waals surface area contributed by atoms with Crippen molar-refractivity contribution in [3.8, 4) is 0 Å². The van der Waals surface area contributed by atoms with Crippen LogP contribution in [0.25, 0.3) is 0 Å². The molecule has 1 aromatic heterocycles. The number of anilines is 1. The zero-order chi connectivity index (χ0) is 14.0. The van der Waals surface area contributed by atoms with Crippen molar-refractivity contribution in [2.24, 2.45) is 12.8 Å². The van der Waals surface area contributed by atoms with Crippen LogP contribution >= 0.6 is 12.2 Å². The molecule has 19 heavy (non-hydrogen) atoms. The summed E-state index contributed by atoms with van der Waals surface area (Å²) in [5.41, 5.74) is 8.91. The molecule has 0 fully saturated rings. The van der Waals surface area contributed by atoms with E-state index in [1.165, 1.54) is 5.56 Å². The smallest absolute Gasteiger partial charge is 0.127 e. The Hall–Kier alpha value is -1.88. The van der Waals surface area contributed by atoms with E-state index in [9.17, 15) is 0 Å². The third-order valence-corrected chi connectivity index (χ3v) is 3.35. The molecule has 0 aliphatic heterocycles. The summed E-state index contributed by atoms with van der Waals surface area (Å²) < 4.78 is 2.01. The van der Waals surface area contributed by atoms with E-state index in [0.29, 0.717) is 11.5 Å². The van der Waals surface area contributed by atoms with Crippen LogP contribution in [-0.2, 0) is 13.6 Å². The fourth-order valence-corrected chi connectivity index (χ4v) is 2.18. The number of hydrogen-bond acceptors (Lipinski definition) is 3. The summed E-state index contributed by atoms with van der Waals surface area (Å²) in [4.78, 5) is 6.87. The molecule has 1 heterocycles. The normalized spacial score (nSPS) is 10.5. The van der Waals surface area contributed by atoms with Crippen molar-refractivity contribution in [1.29, 1.82) is 0 Å². The molecule has 0 aliphatic rings. The summed E-state index contributed by atoms with van der Waals surface area (Å²) in [5, 5.41) is 0. The van der Waals surface area contributed by atoms with Crippen LogP contribution in [0.1, 0.15) is 17.0 Å². The van der Waals surface area contributed by atoms with Crippen molar-refractivity contribution in [2.75, 3.05) is 11.9 Å². The van der Waals surface area contributed by atoms with Gasteiger partial charge in [-0.25, -0.2) is 4.98 Å². The number of nitrogens with zero attached hydrogens (tertiary/aromatic N) is 3. The Balaban J connectivity index is 2.32. The summed E-state index contributed by atoms with van der Waals surface area (Å²) >= 11 is 5.12. The molecule has 0 radical (unpaired) electrons. The van der Waals surface area contributed by atoms with E-state index in [0.717, 1.165) is 17.1 Å². The molecule has 0 bridgehead atoms. The van der Waals surface area contributed by atoms with Gasteiger partial charge in [-0.05, 0) is 24.6 Å². The third-order valence-electron chi connectivity index (χ3n) is 3.13. The highest BCUT2D eigenvalue weighted by molar-refractivity contribution is 7.80. The van der Waals surface area contributed by atoms with Gasteiger partial charge < -0.3 is 15.2 Å². The predicted molar refractivity (Wildman–Crippen MR) is 82.4 cm³/mol. The first-order valence-corrected chi connectivity index (χ1v) is 6.47. The Kier molecular flexibility index (Phi) is 3.85. The van der Waals surface area contributed by atoms with Gasteiger partial charge in [0.25, 0.3) is 0 Å². The highest BCUT2D eigenvalue weighted by Crippen LogP contribution is 2.22. The van der Waals surface area contributed by atoms with Crippen molar-refractivity contribution < 1.29 is 0 Å². The molecule has 0 spiro atoms. The number of aromatic nitrogens is 2. The van der Waals surface area contributed by atoms with Crippen LogP contribution in [0.15, 0.2) is 30.6 Å². The van der Waals surface area contributed by atoms with Gasteiger partial charge in [-0.2, -0.15) is 0 Å². The summed E-state index contributed by atoms with van der Waals surface area (Å²) in [6, 6.07) is 6.09. The highest BCUT2D eigenvalue weighted by Gasteiger charge is 2.12. The Morgan fingerprint density at radius 3 is 2.79 bits per heavy atom. The van der Waals surface area contributed by atoms with Crippen LogP contribution in [0.3, 0.4) is 0 Å². The Bertz CT molecular complexity index is 603. The monoisotopic (exact) mass is 274 g/mol. The Labute approximate surface area is 118 Å². The zero-order valence-electron chi connectivity index (χ0n) is 11.4. The topological polar surface area (TPSA) is 47.1 Å². The minimum atomic E-state index is 0.418. The van der Waals surface area contributed by atoms with Crippen molar-refractivity contribution in [1.82, 2.24) is 9.55 Å². The van der Waals surface area contributed by atoms with E-state index >= 15 is 0 Å². The maximum absolute atomic E-state index is 5.79. The van der Waals surface area contributed by atoms with Gasteiger partial charge in [0.1, 0.15) is 10.8 Å². The van der Waals surface area contributed by atoms with Crippen LogP contribution in [0, 0.1) is 6.92 Å². The van der Waals surface area contributed by atoms with Crippen molar-refractivity contribution in [3.63, 3.8) is 0 Å². The number of hydrogen-bond donors (Lipinski definition) is 1. The molecule has 2 N–H and O–H groups in total. The molecule has 2 aromatic rings. The number of benzene rings is 1. The van der Waals surface area contributed by atoms with Gasteiger partial charge in [-0.3, -0.25) is 0 Å². The van der Waals surface area contributed by atoms with Crippen LogP contribution in [0.5, 0.6) is 0 Å². The number of nitrogens with two attached hydrogens (primary N) is 1.